The smallest absolute Gasteiger partial charge is 0.414 e. The number of rotatable bonds is 11. The molecular weight excluding hydrogens is 461 g/mol. The lowest BCUT2D eigenvalue weighted by atomic mass is 9.89. The van der Waals surface area contributed by atoms with E-state index < -0.39 is 18.2 Å². The van der Waals surface area contributed by atoms with Crippen LogP contribution in [-0.4, -0.2) is 59.8 Å². The highest BCUT2D eigenvalue weighted by Crippen LogP contribution is 2.38. The molecular formula is C25H35F3N4O3. The Morgan fingerprint density at radius 3 is 2.43 bits per heavy atom. The van der Waals surface area contributed by atoms with E-state index in [9.17, 15) is 18.3 Å². The van der Waals surface area contributed by atoms with Crippen LogP contribution in [0.3, 0.4) is 0 Å². The third kappa shape index (κ3) is 7.20. The predicted molar refractivity (Wildman–Crippen MR) is 129 cm³/mol. The average Bonchev–Trinajstić information content (AvgIpc) is 2.85. The molecule has 2 atom stereocenters. The fraction of sp³-hybridized carbons (Fsp3) is 0.600. The largest absolute Gasteiger partial charge is 0.464 e. The van der Waals surface area contributed by atoms with Gasteiger partial charge >= 0.3 is 12.2 Å². The maximum Gasteiger partial charge on any atom is 0.414 e. The minimum absolute atomic E-state index is 0.275. The van der Waals surface area contributed by atoms with E-state index in [1.165, 1.54) is 0 Å². The zero-order valence-electron chi connectivity index (χ0n) is 20.5. The highest BCUT2D eigenvalue weighted by atomic mass is 19.4. The number of anilines is 3. The fourth-order valence-electron chi connectivity index (χ4n) is 4.46. The molecule has 0 aliphatic carbocycles. The van der Waals surface area contributed by atoms with Crippen molar-refractivity contribution in [2.24, 2.45) is 0 Å². The molecule has 2 aromatic rings. The number of nitrogens with zero attached hydrogens (tertiary/aromatic N) is 3. The second-order valence-electron chi connectivity index (χ2n) is 8.62. The molecule has 1 fully saturated rings. The van der Waals surface area contributed by atoms with Gasteiger partial charge in [-0.15, -0.1) is 0 Å². The van der Waals surface area contributed by atoms with Crippen LogP contribution in [0.4, 0.5) is 30.2 Å². The molecule has 1 aliphatic heterocycles. The van der Waals surface area contributed by atoms with Crippen molar-refractivity contribution >= 4 is 17.1 Å². The Labute approximate surface area is 204 Å². The highest BCUT2D eigenvalue weighted by Gasteiger charge is 2.39. The summed E-state index contributed by atoms with van der Waals surface area (Å²) in [4.78, 5) is 10.7. The molecule has 35 heavy (non-hydrogen) atoms. The van der Waals surface area contributed by atoms with Crippen molar-refractivity contribution in [1.82, 2.24) is 9.97 Å². The Morgan fingerprint density at radius 1 is 1.17 bits per heavy atom. The Hall–Kier alpha value is -2.59. The lowest BCUT2D eigenvalue weighted by molar-refractivity contribution is -0.206. The van der Waals surface area contributed by atoms with Crippen molar-refractivity contribution in [1.29, 1.82) is 0 Å². The Morgan fingerprint density at radius 2 is 1.86 bits per heavy atom. The van der Waals surface area contributed by atoms with Gasteiger partial charge in [0, 0.05) is 25.8 Å². The molecule has 10 heteroatoms. The molecule has 3 rings (SSSR count). The van der Waals surface area contributed by atoms with Gasteiger partial charge in [-0.25, -0.2) is 9.97 Å². The number of nitrogens with one attached hydrogen (secondary N) is 1. The molecule has 0 spiro atoms. The maximum absolute atomic E-state index is 13.0. The van der Waals surface area contributed by atoms with Crippen LogP contribution < -0.4 is 15.0 Å². The normalized spacial score (nSPS) is 16.5. The molecule has 1 saturated heterocycles. The monoisotopic (exact) mass is 496 g/mol. The molecule has 1 unspecified atom stereocenters. The number of alkyl halides is 3. The number of aliphatic hydroxyl groups excluding tert-OH is 1. The van der Waals surface area contributed by atoms with Crippen molar-refractivity contribution in [3.05, 3.63) is 36.2 Å². The van der Waals surface area contributed by atoms with Gasteiger partial charge in [-0.3, -0.25) is 0 Å². The van der Waals surface area contributed by atoms with Crippen LogP contribution >= 0.6 is 0 Å². The molecule has 0 amide bonds. The third-order valence-corrected chi connectivity index (χ3v) is 6.33. The number of hydrogen-bond acceptors (Lipinski definition) is 7. The lowest BCUT2D eigenvalue weighted by Gasteiger charge is -2.37. The summed E-state index contributed by atoms with van der Waals surface area (Å²) >= 11 is 0. The van der Waals surface area contributed by atoms with Crippen LogP contribution in [0.15, 0.2) is 30.6 Å². The molecule has 1 aromatic heterocycles. The van der Waals surface area contributed by atoms with Crippen molar-refractivity contribution in [2.75, 3.05) is 36.6 Å². The molecule has 0 saturated carbocycles. The van der Waals surface area contributed by atoms with Gasteiger partial charge in [0.2, 0.25) is 0 Å². The standard InChI is InChI=1S/C25H35F3N4O3/c1-4-17(14-23(33)25(26,27)28)18-7-8-22(32(5-2)20-9-11-34-12-10-20)21(13-18)31-19-15-29-24(30-16-19)35-6-3/h7-8,13,15-17,20,23,31,33H,4-6,9-12,14H2,1-3H3/t17-,23?/m1/s1. The Balaban J connectivity index is 1.95. The summed E-state index contributed by atoms with van der Waals surface area (Å²) < 4.78 is 49.9. The van der Waals surface area contributed by atoms with Gasteiger partial charge in [0.25, 0.3) is 0 Å². The predicted octanol–water partition coefficient (Wildman–Crippen LogP) is 5.43. The SMILES string of the molecule is CCOc1ncc(Nc2cc([C@H](CC)CC(O)C(F)(F)F)ccc2N(CC)C2CCOCC2)cn1. The van der Waals surface area contributed by atoms with Crippen LogP contribution in [0.2, 0.25) is 0 Å². The van der Waals surface area contributed by atoms with E-state index in [2.05, 4.69) is 27.1 Å². The van der Waals surface area contributed by atoms with E-state index in [0.29, 0.717) is 38.0 Å². The van der Waals surface area contributed by atoms with Gasteiger partial charge in [0.1, 0.15) is 6.10 Å². The number of hydrogen-bond donors (Lipinski definition) is 2. The van der Waals surface area contributed by atoms with Gasteiger partial charge < -0.3 is 24.8 Å². The van der Waals surface area contributed by atoms with E-state index in [-0.39, 0.29) is 12.4 Å². The van der Waals surface area contributed by atoms with E-state index >= 15 is 0 Å². The second-order valence-corrected chi connectivity index (χ2v) is 8.62. The summed E-state index contributed by atoms with van der Waals surface area (Å²) in [6, 6.07) is 6.27. The number of aliphatic hydroxyl groups is 1. The fourth-order valence-corrected chi connectivity index (χ4v) is 4.46. The Bertz CT molecular complexity index is 921. The topological polar surface area (TPSA) is 79.7 Å². The first-order valence-electron chi connectivity index (χ1n) is 12.2. The molecule has 7 nitrogen and oxygen atoms in total. The summed E-state index contributed by atoms with van der Waals surface area (Å²) in [5, 5.41) is 13.0. The number of ether oxygens (including phenoxy) is 2. The van der Waals surface area contributed by atoms with Crippen LogP contribution in [0.5, 0.6) is 6.01 Å². The minimum Gasteiger partial charge on any atom is -0.464 e. The van der Waals surface area contributed by atoms with E-state index in [1.54, 1.807) is 12.4 Å². The van der Waals surface area contributed by atoms with Crippen LogP contribution in [0.1, 0.15) is 57.9 Å². The summed E-state index contributed by atoms with van der Waals surface area (Å²) in [7, 11) is 0. The molecule has 2 heterocycles. The molecule has 0 bridgehead atoms. The summed E-state index contributed by atoms with van der Waals surface area (Å²) in [5.74, 6) is -0.448. The highest BCUT2D eigenvalue weighted by molar-refractivity contribution is 5.76. The van der Waals surface area contributed by atoms with Crippen molar-refractivity contribution < 1.29 is 27.8 Å². The summed E-state index contributed by atoms with van der Waals surface area (Å²) in [6.07, 6.45) is -1.90. The second kappa shape index (κ2) is 12.4. The maximum atomic E-state index is 13.0. The molecule has 0 radical (unpaired) electrons. The quantitative estimate of drug-likeness (QED) is 0.429. The van der Waals surface area contributed by atoms with Gasteiger partial charge in [0.15, 0.2) is 0 Å². The molecule has 2 N–H and O–H groups in total. The van der Waals surface area contributed by atoms with Gasteiger partial charge in [-0.05, 0) is 63.1 Å². The first kappa shape index (κ1) is 27.0. The van der Waals surface area contributed by atoms with E-state index in [1.807, 2.05) is 32.0 Å². The van der Waals surface area contributed by atoms with Crippen molar-refractivity contribution in [3.63, 3.8) is 0 Å². The average molecular weight is 497 g/mol. The molecule has 1 aliphatic rings. The minimum atomic E-state index is -4.64. The van der Waals surface area contributed by atoms with Gasteiger partial charge in [-0.1, -0.05) is 13.0 Å². The summed E-state index contributed by atoms with van der Waals surface area (Å²) in [5.41, 5.74) is 3.07. The van der Waals surface area contributed by atoms with Crippen molar-refractivity contribution in [3.8, 4) is 6.01 Å². The van der Waals surface area contributed by atoms with Crippen LogP contribution in [0, 0.1) is 0 Å². The summed E-state index contributed by atoms with van der Waals surface area (Å²) in [6.45, 7) is 8.38. The van der Waals surface area contributed by atoms with E-state index in [4.69, 9.17) is 9.47 Å². The van der Waals surface area contributed by atoms with Crippen LogP contribution in [-0.2, 0) is 4.74 Å². The number of benzene rings is 1. The van der Waals surface area contributed by atoms with E-state index in [0.717, 1.165) is 36.3 Å². The van der Waals surface area contributed by atoms with Gasteiger partial charge in [-0.2, -0.15) is 13.2 Å². The molecule has 1 aromatic carbocycles. The molecule has 194 valence electrons. The lowest BCUT2D eigenvalue weighted by Crippen LogP contribution is -2.39. The first-order chi connectivity index (χ1) is 16.8. The third-order valence-electron chi connectivity index (χ3n) is 6.33. The first-order valence-corrected chi connectivity index (χ1v) is 12.2. The zero-order chi connectivity index (χ0) is 25.4. The van der Waals surface area contributed by atoms with Crippen LogP contribution in [0.25, 0.3) is 0 Å². The van der Waals surface area contributed by atoms with Crippen molar-refractivity contribution in [2.45, 2.75) is 70.7 Å². The zero-order valence-corrected chi connectivity index (χ0v) is 20.5. The number of aromatic nitrogens is 2. The van der Waals surface area contributed by atoms with Gasteiger partial charge in [0.05, 0.1) is 36.1 Å². The number of halogens is 3. The Kier molecular flexibility index (Phi) is 9.56.